The van der Waals surface area contributed by atoms with E-state index in [0.29, 0.717) is 44.0 Å². The Labute approximate surface area is 179 Å². The number of ether oxygens (including phenoxy) is 1. The summed E-state index contributed by atoms with van der Waals surface area (Å²) >= 11 is 3.32. The first kappa shape index (κ1) is 21.7. The Morgan fingerprint density at radius 3 is 2.69 bits per heavy atom. The third-order valence-electron chi connectivity index (χ3n) is 5.01. The van der Waals surface area contributed by atoms with Crippen LogP contribution in [0.5, 0.6) is 5.75 Å². The zero-order valence-corrected chi connectivity index (χ0v) is 18.6. The van der Waals surface area contributed by atoms with Crippen LogP contribution in [0.4, 0.5) is 5.82 Å². The topological polar surface area (TPSA) is 88.6 Å². The minimum absolute atomic E-state index is 0.0384. The standard InChI is InChI=1S/C20H24BrN3O4S/c1-28-17-3-2-4-18(13-17)29(26,27)12-11-24-9-7-15(8-10-24)20(25)23-19-6-5-16(21)14-22-19/h2-6,13-15H,7-12H2,1H3,(H,22,23,25). The lowest BCUT2D eigenvalue weighted by Crippen LogP contribution is -2.40. The zero-order chi connectivity index (χ0) is 20.9. The summed E-state index contributed by atoms with van der Waals surface area (Å²) in [5, 5.41) is 2.85. The first-order valence-corrected chi connectivity index (χ1v) is 11.8. The molecule has 0 unspecified atom stereocenters. The molecule has 156 valence electrons. The van der Waals surface area contributed by atoms with Crippen molar-refractivity contribution in [3.05, 3.63) is 47.1 Å². The molecule has 1 amide bonds. The second-order valence-corrected chi connectivity index (χ2v) is 9.99. The van der Waals surface area contributed by atoms with Crippen LogP contribution in [0, 0.1) is 5.92 Å². The van der Waals surface area contributed by atoms with Gasteiger partial charge in [-0.05, 0) is 72.2 Å². The SMILES string of the molecule is COc1cccc(S(=O)(=O)CCN2CCC(C(=O)Nc3ccc(Br)cn3)CC2)c1. The summed E-state index contributed by atoms with van der Waals surface area (Å²) < 4.78 is 31.1. The molecule has 2 aromatic rings. The number of rotatable bonds is 7. The van der Waals surface area contributed by atoms with Crippen LogP contribution in [0.2, 0.25) is 0 Å². The number of hydrogen-bond donors (Lipinski definition) is 1. The lowest BCUT2D eigenvalue weighted by atomic mass is 9.96. The molecular weight excluding hydrogens is 458 g/mol. The van der Waals surface area contributed by atoms with Crippen molar-refractivity contribution in [2.45, 2.75) is 17.7 Å². The van der Waals surface area contributed by atoms with Crippen molar-refractivity contribution >= 4 is 37.5 Å². The molecule has 1 N–H and O–H groups in total. The lowest BCUT2D eigenvalue weighted by Gasteiger charge is -2.31. The molecule has 2 heterocycles. The largest absolute Gasteiger partial charge is 0.497 e. The average molecular weight is 482 g/mol. The minimum atomic E-state index is -3.38. The first-order chi connectivity index (χ1) is 13.9. The molecule has 9 heteroatoms. The highest BCUT2D eigenvalue weighted by atomic mass is 79.9. The number of methoxy groups -OCH3 is 1. The quantitative estimate of drug-likeness (QED) is 0.653. The molecule has 7 nitrogen and oxygen atoms in total. The second kappa shape index (κ2) is 9.69. The molecule has 1 aromatic heterocycles. The maximum atomic E-state index is 12.6. The zero-order valence-electron chi connectivity index (χ0n) is 16.2. The van der Waals surface area contributed by atoms with E-state index in [0.717, 1.165) is 4.47 Å². The van der Waals surface area contributed by atoms with Crippen molar-refractivity contribution in [2.24, 2.45) is 5.92 Å². The number of likely N-dealkylation sites (tertiary alicyclic amines) is 1. The van der Waals surface area contributed by atoms with Crippen molar-refractivity contribution in [3.63, 3.8) is 0 Å². The number of sulfone groups is 1. The van der Waals surface area contributed by atoms with Gasteiger partial charge in [-0.2, -0.15) is 0 Å². The Bertz CT molecular complexity index is 942. The van der Waals surface area contributed by atoms with E-state index in [2.05, 4.69) is 31.1 Å². The maximum absolute atomic E-state index is 12.6. The number of nitrogens with zero attached hydrogens (tertiary/aromatic N) is 2. The van der Waals surface area contributed by atoms with Crippen LogP contribution in [0.1, 0.15) is 12.8 Å². The fraction of sp³-hybridized carbons (Fsp3) is 0.400. The van der Waals surface area contributed by atoms with Crippen molar-refractivity contribution < 1.29 is 17.9 Å². The van der Waals surface area contributed by atoms with Crippen LogP contribution in [0.3, 0.4) is 0 Å². The normalized spacial score (nSPS) is 15.8. The van der Waals surface area contributed by atoms with E-state index in [-0.39, 0.29) is 22.5 Å². The highest BCUT2D eigenvalue weighted by Gasteiger charge is 2.26. The van der Waals surface area contributed by atoms with E-state index < -0.39 is 9.84 Å². The van der Waals surface area contributed by atoms with Gasteiger partial charge in [0.25, 0.3) is 0 Å². The van der Waals surface area contributed by atoms with Gasteiger partial charge in [0.05, 0.1) is 17.8 Å². The molecule has 0 aliphatic carbocycles. The van der Waals surface area contributed by atoms with Crippen molar-refractivity contribution in [1.29, 1.82) is 0 Å². The van der Waals surface area contributed by atoms with Crippen LogP contribution in [0.15, 0.2) is 52.0 Å². The third-order valence-corrected chi connectivity index (χ3v) is 7.17. The van der Waals surface area contributed by atoms with E-state index >= 15 is 0 Å². The summed E-state index contributed by atoms with van der Waals surface area (Å²) in [6.45, 7) is 1.83. The number of piperidine rings is 1. The highest BCUT2D eigenvalue weighted by molar-refractivity contribution is 9.10. The van der Waals surface area contributed by atoms with Crippen LogP contribution in [0.25, 0.3) is 0 Å². The van der Waals surface area contributed by atoms with E-state index in [9.17, 15) is 13.2 Å². The van der Waals surface area contributed by atoms with Crippen LogP contribution >= 0.6 is 15.9 Å². The summed E-state index contributed by atoms with van der Waals surface area (Å²) in [5.74, 6) is 0.971. The number of nitrogens with one attached hydrogen (secondary N) is 1. The van der Waals surface area contributed by atoms with Gasteiger partial charge in [-0.3, -0.25) is 4.79 Å². The molecule has 1 aliphatic heterocycles. The summed E-state index contributed by atoms with van der Waals surface area (Å²) in [6, 6.07) is 10.1. The van der Waals surface area contributed by atoms with Crippen molar-refractivity contribution in [1.82, 2.24) is 9.88 Å². The molecule has 1 saturated heterocycles. The molecule has 0 bridgehead atoms. The molecule has 0 radical (unpaired) electrons. The molecule has 0 spiro atoms. The smallest absolute Gasteiger partial charge is 0.228 e. The molecule has 3 rings (SSSR count). The van der Waals surface area contributed by atoms with E-state index in [1.54, 1.807) is 36.5 Å². The Morgan fingerprint density at radius 2 is 2.03 bits per heavy atom. The number of carbonyl (C=O) groups is 1. The molecule has 0 atom stereocenters. The summed E-state index contributed by atoms with van der Waals surface area (Å²) in [7, 11) is -1.87. The molecule has 1 aromatic carbocycles. The average Bonchev–Trinajstić information content (AvgIpc) is 2.74. The number of anilines is 1. The fourth-order valence-electron chi connectivity index (χ4n) is 3.26. The summed E-state index contributed by atoms with van der Waals surface area (Å²) in [5.41, 5.74) is 0. The van der Waals surface area contributed by atoms with Gasteiger partial charge >= 0.3 is 0 Å². The Kier molecular flexibility index (Phi) is 7.26. The van der Waals surface area contributed by atoms with Gasteiger partial charge in [0.1, 0.15) is 11.6 Å². The molecule has 1 fully saturated rings. The van der Waals surface area contributed by atoms with Gasteiger partial charge in [-0.1, -0.05) is 6.07 Å². The number of halogens is 1. The monoisotopic (exact) mass is 481 g/mol. The number of amides is 1. The Balaban J connectivity index is 1.48. The second-order valence-electron chi connectivity index (χ2n) is 6.96. The number of hydrogen-bond acceptors (Lipinski definition) is 6. The summed E-state index contributed by atoms with van der Waals surface area (Å²) in [6.07, 6.45) is 3.03. The van der Waals surface area contributed by atoms with E-state index in [4.69, 9.17) is 4.74 Å². The van der Waals surface area contributed by atoms with Gasteiger partial charge in [-0.15, -0.1) is 0 Å². The fourth-order valence-corrected chi connectivity index (χ4v) is 4.81. The number of carbonyl (C=O) groups excluding carboxylic acids is 1. The van der Waals surface area contributed by atoms with Gasteiger partial charge in [0.2, 0.25) is 5.91 Å². The maximum Gasteiger partial charge on any atom is 0.228 e. The number of benzene rings is 1. The lowest BCUT2D eigenvalue weighted by molar-refractivity contribution is -0.121. The van der Waals surface area contributed by atoms with Crippen molar-refractivity contribution in [3.8, 4) is 5.75 Å². The number of pyridine rings is 1. The van der Waals surface area contributed by atoms with Gasteiger partial charge < -0.3 is 15.0 Å². The van der Waals surface area contributed by atoms with Crippen molar-refractivity contribution in [2.75, 3.05) is 37.8 Å². The molecule has 0 saturated carbocycles. The van der Waals surface area contributed by atoms with Gasteiger partial charge in [0.15, 0.2) is 9.84 Å². The van der Waals surface area contributed by atoms with E-state index in [1.807, 2.05) is 6.07 Å². The Hall–Kier alpha value is -1.97. The Morgan fingerprint density at radius 1 is 1.28 bits per heavy atom. The molecule has 1 aliphatic rings. The number of aromatic nitrogens is 1. The molecular formula is C20H24BrN3O4S. The predicted molar refractivity (Wildman–Crippen MR) is 115 cm³/mol. The minimum Gasteiger partial charge on any atom is -0.497 e. The predicted octanol–water partition coefficient (Wildman–Crippen LogP) is 2.98. The molecule has 29 heavy (non-hydrogen) atoms. The summed E-state index contributed by atoms with van der Waals surface area (Å²) in [4.78, 5) is 19.0. The first-order valence-electron chi connectivity index (χ1n) is 9.39. The van der Waals surface area contributed by atoms with Crippen LogP contribution < -0.4 is 10.1 Å². The van der Waals surface area contributed by atoms with Gasteiger partial charge in [0, 0.05) is 23.1 Å². The van der Waals surface area contributed by atoms with Gasteiger partial charge in [-0.25, -0.2) is 13.4 Å². The van der Waals surface area contributed by atoms with Crippen LogP contribution in [-0.2, 0) is 14.6 Å². The highest BCUT2D eigenvalue weighted by Crippen LogP contribution is 2.21. The third kappa shape index (κ3) is 6.01. The van der Waals surface area contributed by atoms with Crippen LogP contribution in [-0.4, -0.2) is 56.7 Å². The van der Waals surface area contributed by atoms with E-state index in [1.165, 1.54) is 7.11 Å².